The van der Waals surface area contributed by atoms with Crippen molar-refractivity contribution in [1.82, 2.24) is 4.98 Å². The number of rotatable bonds is 0. The van der Waals surface area contributed by atoms with Crippen molar-refractivity contribution in [3.63, 3.8) is 0 Å². The minimum atomic E-state index is -0.383. The van der Waals surface area contributed by atoms with Crippen LogP contribution >= 0.6 is 0 Å². The van der Waals surface area contributed by atoms with Gasteiger partial charge in [-0.15, -0.1) is 0 Å². The van der Waals surface area contributed by atoms with Crippen molar-refractivity contribution in [3.05, 3.63) is 29.6 Å². The van der Waals surface area contributed by atoms with Crippen LogP contribution in [0.3, 0.4) is 0 Å². The monoisotopic (exact) mass is 231 g/mol. The number of hydrogen-bond donors (Lipinski definition) is 1. The first kappa shape index (κ1) is 11.2. The summed E-state index contributed by atoms with van der Waals surface area (Å²) in [7, 11) is 0. The van der Waals surface area contributed by atoms with E-state index in [4.69, 9.17) is 0 Å². The van der Waals surface area contributed by atoms with Gasteiger partial charge in [-0.1, -0.05) is 18.9 Å². The van der Waals surface area contributed by atoms with Crippen molar-refractivity contribution in [2.24, 2.45) is 5.92 Å². The molecule has 1 aromatic heterocycles. The maximum Gasteiger partial charge on any atom is 0.0679 e. The van der Waals surface area contributed by atoms with E-state index in [0.29, 0.717) is 5.92 Å². The van der Waals surface area contributed by atoms with E-state index >= 15 is 0 Å². The fourth-order valence-corrected chi connectivity index (χ4v) is 3.63. The molecule has 0 amide bonds. The average Bonchev–Trinajstić information content (AvgIpc) is 2.32. The van der Waals surface area contributed by atoms with E-state index in [-0.39, 0.29) is 5.60 Å². The maximum atomic E-state index is 10.8. The zero-order valence-electron chi connectivity index (χ0n) is 10.4. The normalized spacial score (nSPS) is 33.1. The Hall–Kier alpha value is -0.890. The molecule has 2 aliphatic carbocycles. The highest BCUT2D eigenvalue weighted by molar-refractivity contribution is 5.22. The highest BCUT2D eigenvalue weighted by Crippen LogP contribution is 2.40. The Labute approximate surface area is 103 Å². The molecule has 0 radical (unpaired) electrons. The van der Waals surface area contributed by atoms with Crippen LogP contribution in [0, 0.1) is 5.92 Å². The zero-order chi connectivity index (χ0) is 11.7. The molecule has 1 heterocycles. The van der Waals surface area contributed by atoms with Gasteiger partial charge in [-0.25, -0.2) is 0 Å². The van der Waals surface area contributed by atoms with E-state index in [1.165, 1.54) is 30.5 Å². The van der Waals surface area contributed by atoms with Gasteiger partial charge in [-0.2, -0.15) is 0 Å². The minimum absolute atomic E-state index is 0.383. The molecule has 0 aromatic carbocycles. The minimum Gasteiger partial charge on any atom is -0.390 e. The molecular formula is C15H21NO. The van der Waals surface area contributed by atoms with Gasteiger partial charge in [0.25, 0.3) is 0 Å². The summed E-state index contributed by atoms with van der Waals surface area (Å²) < 4.78 is 0. The Balaban J connectivity index is 1.91. The lowest BCUT2D eigenvalue weighted by Gasteiger charge is -2.41. The van der Waals surface area contributed by atoms with Crippen LogP contribution in [0.1, 0.15) is 49.8 Å². The van der Waals surface area contributed by atoms with Crippen molar-refractivity contribution in [3.8, 4) is 0 Å². The Bertz CT molecular complexity index is 404. The van der Waals surface area contributed by atoms with E-state index in [1.807, 2.05) is 12.3 Å². The number of aliphatic hydroxyl groups is 1. The van der Waals surface area contributed by atoms with Crippen LogP contribution in [-0.4, -0.2) is 15.7 Å². The molecule has 1 saturated carbocycles. The topological polar surface area (TPSA) is 33.1 Å². The molecule has 0 aliphatic heterocycles. The van der Waals surface area contributed by atoms with Crippen molar-refractivity contribution >= 4 is 0 Å². The Morgan fingerprint density at radius 1 is 1.24 bits per heavy atom. The standard InChI is InChI=1S/C15H21NO/c17-15-8-2-1-6-13(15)11-12-5-4-10-16-14(12)7-3-9-15/h4-5,10,13,17H,1-3,6-9,11H2/t13-,15+/m0/s1. The lowest BCUT2D eigenvalue weighted by Crippen LogP contribution is -2.42. The molecule has 1 fully saturated rings. The molecule has 0 spiro atoms. The Morgan fingerprint density at radius 2 is 2.12 bits per heavy atom. The van der Waals surface area contributed by atoms with Crippen LogP contribution in [0.2, 0.25) is 0 Å². The smallest absolute Gasteiger partial charge is 0.0679 e. The van der Waals surface area contributed by atoms with E-state index in [1.54, 1.807) is 0 Å². The van der Waals surface area contributed by atoms with E-state index in [0.717, 1.165) is 32.1 Å². The fraction of sp³-hybridized carbons (Fsp3) is 0.667. The molecular weight excluding hydrogens is 210 g/mol. The SMILES string of the molecule is O[C@@]12CCCC[C@H]1Cc1cccnc1CCC2. The zero-order valence-corrected chi connectivity index (χ0v) is 10.4. The van der Waals surface area contributed by atoms with Crippen LogP contribution in [0.15, 0.2) is 18.3 Å². The van der Waals surface area contributed by atoms with Crippen LogP contribution < -0.4 is 0 Å². The van der Waals surface area contributed by atoms with Crippen molar-refractivity contribution in [2.75, 3.05) is 0 Å². The third kappa shape index (κ3) is 2.11. The first-order valence-electron chi connectivity index (χ1n) is 6.93. The predicted octanol–water partition coefficient (Wildman–Crippen LogP) is 2.88. The quantitative estimate of drug-likeness (QED) is 0.744. The molecule has 0 unspecified atom stereocenters. The van der Waals surface area contributed by atoms with Crippen LogP contribution in [-0.2, 0) is 12.8 Å². The maximum absolute atomic E-state index is 10.8. The molecule has 0 bridgehead atoms. The highest BCUT2D eigenvalue weighted by atomic mass is 16.3. The van der Waals surface area contributed by atoms with E-state index < -0.39 is 0 Å². The molecule has 2 nitrogen and oxygen atoms in total. The summed E-state index contributed by atoms with van der Waals surface area (Å²) in [5, 5.41) is 10.8. The Kier molecular flexibility index (Phi) is 2.91. The van der Waals surface area contributed by atoms with Crippen molar-refractivity contribution in [1.29, 1.82) is 0 Å². The summed E-state index contributed by atoms with van der Waals surface area (Å²) in [6.45, 7) is 0. The number of pyridine rings is 1. The summed E-state index contributed by atoms with van der Waals surface area (Å²) in [6, 6.07) is 4.23. The van der Waals surface area contributed by atoms with E-state index in [9.17, 15) is 5.11 Å². The number of nitrogens with zero attached hydrogens (tertiary/aromatic N) is 1. The fourth-order valence-electron chi connectivity index (χ4n) is 3.63. The van der Waals surface area contributed by atoms with Gasteiger partial charge in [0.15, 0.2) is 0 Å². The van der Waals surface area contributed by atoms with Crippen molar-refractivity contribution in [2.45, 2.75) is 57.0 Å². The van der Waals surface area contributed by atoms with Crippen molar-refractivity contribution < 1.29 is 5.11 Å². The molecule has 92 valence electrons. The predicted molar refractivity (Wildman–Crippen MR) is 67.8 cm³/mol. The third-order valence-electron chi connectivity index (χ3n) is 4.65. The lowest BCUT2D eigenvalue weighted by molar-refractivity contribution is -0.0574. The first-order valence-corrected chi connectivity index (χ1v) is 6.93. The summed E-state index contributed by atoms with van der Waals surface area (Å²) in [5.74, 6) is 0.458. The summed E-state index contributed by atoms with van der Waals surface area (Å²) in [6.07, 6.45) is 10.7. The number of aryl methyl sites for hydroxylation is 1. The number of aromatic nitrogens is 1. The Morgan fingerprint density at radius 3 is 3.06 bits per heavy atom. The molecule has 2 atom stereocenters. The number of fused-ring (bicyclic) bond motifs is 2. The van der Waals surface area contributed by atoms with Gasteiger partial charge < -0.3 is 5.11 Å². The van der Waals surface area contributed by atoms with Crippen LogP contribution in [0.25, 0.3) is 0 Å². The van der Waals surface area contributed by atoms with Gasteiger partial charge >= 0.3 is 0 Å². The second-order valence-electron chi connectivity index (χ2n) is 5.71. The first-order chi connectivity index (χ1) is 8.28. The molecule has 0 saturated heterocycles. The highest BCUT2D eigenvalue weighted by Gasteiger charge is 2.39. The van der Waals surface area contributed by atoms with Gasteiger partial charge in [0.05, 0.1) is 5.60 Å². The van der Waals surface area contributed by atoms with Gasteiger partial charge in [0.2, 0.25) is 0 Å². The van der Waals surface area contributed by atoms with Gasteiger partial charge in [-0.3, -0.25) is 4.98 Å². The summed E-state index contributed by atoms with van der Waals surface area (Å²) >= 11 is 0. The molecule has 1 aromatic rings. The van der Waals surface area contributed by atoms with Gasteiger partial charge in [0.1, 0.15) is 0 Å². The molecule has 2 heteroatoms. The van der Waals surface area contributed by atoms with Gasteiger partial charge in [-0.05, 0) is 56.1 Å². The molecule has 1 N–H and O–H groups in total. The molecule has 17 heavy (non-hydrogen) atoms. The second kappa shape index (κ2) is 4.41. The van der Waals surface area contributed by atoms with Gasteiger partial charge in [0, 0.05) is 11.9 Å². The second-order valence-corrected chi connectivity index (χ2v) is 5.71. The van der Waals surface area contributed by atoms with Crippen LogP contribution in [0.4, 0.5) is 0 Å². The largest absolute Gasteiger partial charge is 0.390 e. The molecule has 2 aliphatic rings. The summed E-state index contributed by atoms with van der Waals surface area (Å²) in [4.78, 5) is 4.50. The lowest BCUT2D eigenvalue weighted by atomic mass is 9.69. The van der Waals surface area contributed by atoms with E-state index in [2.05, 4.69) is 11.1 Å². The van der Waals surface area contributed by atoms with Crippen LogP contribution in [0.5, 0.6) is 0 Å². The number of hydrogen-bond acceptors (Lipinski definition) is 2. The third-order valence-corrected chi connectivity index (χ3v) is 4.65. The average molecular weight is 231 g/mol. The molecule has 3 rings (SSSR count). The summed E-state index contributed by atoms with van der Waals surface area (Å²) in [5.41, 5.74) is 2.25.